The minimum absolute atomic E-state index is 0. The second-order valence-corrected chi connectivity index (χ2v) is 10.3. The molecule has 39 heavy (non-hydrogen) atoms. The Morgan fingerprint density at radius 1 is 1.10 bits per heavy atom. The van der Waals surface area contributed by atoms with E-state index in [4.69, 9.17) is 25.0 Å². The van der Waals surface area contributed by atoms with Crippen LogP contribution in [0.15, 0.2) is 35.1 Å². The topological polar surface area (TPSA) is 291 Å². The molecule has 0 bridgehead atoms. The molecule has 1 fully saturated rings. The van der Waals surface area contributed by atoms with Crippen LogP contribution in [0.4, 0.5) is 0 Å². The predicted octanol–water partition coefficient (Wildman–Crippen LogP) is -1.84. The van der Waals surface area contributed by atoms with Gasteiger partial charge in [-0.2, -0.15) is 0 Å². The largest absolute Gasteiger partial charge is 0.508 e. The molecule has 0 saturated heterocycles. The average Bonchev–Trinajstić information content (AvgIpc) is 2.74. The van der Waals surface area contributed by atoms with Gasteiger partial charge in [0.15, 0.2) is 11.4 Å². The number of aliphatic hydroxyl groups excluding tert-OH is 3. The van der Waals surface area contributed by atoms with Gasteiger partial charge in [0.2, 0.25) is 5.78 Å². The lowest BCUT2D eigenvalue weighted by Gasteiger charge is -2.53. The summed E-state index contributed by atoms with van der Waals surface area (Å²) >= 11 is 0. The highest BCUT2D eigenvalue weighted by Crippen LogP contribution is 2.55. The van der Waals surface area contributed by atoms with Crippen LogP contribution in [0.2, 0.25) is 0 Å². The number of primary amides is 1. The normalized spacial score (nSPS) is 29.7. The molecule has 1 aromatic carbocycles. The van der Waals surface area contributed by atoms with Gasteiger partial charge in [0.25, 0.3) is 5.91 Å². The number of aromatic hydroxyl groups is 1. The van der Waals surface area contributed by atoms with E-state index in [1.165, 1.54) is 25.1 Å². The molecule has 0 radical (unpaired) electrons. The van der Waals surface area contributed by atoms with Gasteiger partial charge < -0.3 is 51.4 Å². The molecule has 3 aliphatic carbocycles. The Bertz CT molecular complexity index is 1300. The third kappa shape index (κ3) is 5.33. The zero-order valence-electron chi connectivity index (χ0n) is 20.7. The third-order valence-electron chi connectivity index (χ3n) is 6.99. The Hall–Kier alpha value is -2.85. The van der Waals surface area contributed by atoms with Gasteiger partial charge in [-0.05, 0) is 31.6 Å². The van der Waals surface area contributed by atoms with Gasteiger partial charge in [-0.3, -0.25) is 19.3 Å². The fourth-order valence-electron chi connectivity index (χ4n) is 5.58. The number of rotatable bonds is 2. The number of halogens is 1. The van der Waals surface area contributed by atoms with E-state index in [0.29, 0.717) is 5.56 Å². The molecule has 0 aliphatic heterocycles. The van der Waals surface area contributed by atoms with Crippen LogP contribution in [-0.4, -0.2) is 99.9 Å². The van der Waals surface area contributed by atoms with Crippen LogP contribution in [0.25, 0.3) is 5.76 Å². The second-order valence-electron chi connectivity index (χ2n) is 9.30. The highest BCUT2D eigenvalue weighted by atomic mass is 35.5. The molecule has 4 rings (SSSR count). The molecule has 0 spiro atoms. The number of hydrogen-bond acceptors (Lipinski definition) is 10. The summed E-state index contributed by atoms with van der Waals surface area (Å²) in [5.74, 6) is -8.87. The summed E-state index contributed by atoms with van der Waals surface area (Å²) in [6, 6.07) is 3.13. The lowest BCUT2D eigenvalue weighted by atomic mass is 9.54. The maximum atomic E-state index is 13.7. The minimum Gasteiger partial charge on any atom is -0.508 e. The second kappa shape index (κ2) is 11.3. The van der Waals surface area contributed by atoms with E-state index in [-0.39, 0.29) is 29.2 Å². The fourth-order valence-corrected chi connectivity index (χ4v) is 5.58. The quantitative estimate of drug-likeness (QED) is 0.134. The van der Waals surface area contributed by atoms with Crippen LogP contribution >= 0.6 is 20.2 Å². The van der Waals surface area contributed by atoms with Crippen molar-refractivity contribution in [2.45, 2.75) is 30.6 Å². The zero-order valence-corrected chi connectivity index (χ0v) is 22.4. The highest BCUT2D eigenvalue weighted by Gasteiger charge is 2.68. The van der Waals surface area contributed by atoms with Gasteiger partial charge in [-0.25, -0.2) is 4.57 Å². The number of likely N-dealkylation sites (N-methyl/N-ethyl adjacent to an activating group) is 1. The summed E-state index contributed by atoms with van der Waals surface area (Å²) in [5.41, 5.74) is 1.47. The predicted molar refractivity (Wildman–Crippen MR) is 135 cm³/mol. The monoisotopic (exact) mass is 596 g/mol. The van der Waals surface area contributed by atoms with Crippen LogP contribution in [-0.2, 0) is 18.9 Å². The Labute approximate surface area is 227 Å². The van der Waals surface area contributed by atoms with Gasteiger partial charge in [0, 0.05) is 11.5 Å². The number of phenolic OH excluding ortho intramolecular Hbond substituents is 1. The molecule has 1 aromatic rings. The maximum absolute atomic E-state index is 13.7. The average molecular weight is 597 g/mol. The van der Waals surface area contributed by atoms with Crippen molar-refractivity contribution in [3.63, 3.8) is 0 Å². The molecule has 6 atom stereocenters. The van der Waals surface area contributed by atoms with E-state index in [2.05, 4.69) is 0 Å². The Kier molecular flexibility index (Phi) is 9.93. The van der Waals surface area contributed by atoms with Crippen molar-refractivity contribution >= 4 is 43.5 Å². The molecule has 218 valence electrons. The van der Waals surface area contributed by atoms with Gasteiger partial charge >= 0.3 is 7.82 Å². The first-order valence-corrected chi connectivity index (χ1v) is 12.4. The number of benzene rings is 1. The van der Waals surface area contributed by atoms with E-state index in [0.717, 1.165) is 0 Å². The van der Waals surface area contributed by atoms with Crippen LogP contribution in [0, 0.1) is 11.8 Å². The fraction of sp³-hybridized carbons (Fsp3) is 0.409. The molecule has 15 nitrogen and oxygen atoms in total. The number of nitrogens with two attached hydrogens (primary N) is 1. The Morgan fingerprint density at radius 3 is 2.08 bits per heavy atom. The number of amides is 1. The summed E-state index contributed by atoms with van der Waals surface area (Å²) in [6.45, 7) is 1.68. The summed E-state index contributed by atoms with van der Waals surface area (Å²) in [7, 11) is -1.72. The zero-order chi connectivity index (χ0) is 28.4. The number of ketones is 2. The minimum atomic E-state index is -4.64. The molecule has 17 heteroatoms. The van der Waals surface area contributed by atoms with Crippen LogP contribution in [0.1, 0.15) is 24.0 Å². The number of Topliss-reactive ketones (excluding diaryl/α,β-unsaturated/α-hetero) is 2. The van der Waals surface area contributed by atoms with Crippen LogP contribution < -0.4 is 5.73 Å². The summed E-state index contributed by atoms with van der Waals surface area (Å²) in [6.07, 6.45) is -1.59. The smallest absolute Gasteiger partial charge is 0.466 e. The molecular formula is C22H30ClN2O13P. The molecule has 1 amide bonds. The number of carbonyl (C=O) groups excluding carboxylic acids is 3. The number of carbonyl (C=O) groups is 3. The van der Waals surface area contributed by atoms with Crippen molar-refractivity contribution in [1.82, 2.24) is 4.90 Å². The first kappa shape index (κ1) is 34.2. The first-order valence-electron chi connectivity index (χ1n) is 10.8. The van der Waals surface area contributed by atoms with Crippen molar-refractivity contribution in [1.29, 1.82) is 0 Å². The van der Waals surface area contributed by atoms with E-state index in [9.17, 15) is 39.9 Å². The molecule has 1 saturated carbocycles. The van der Waals surface area contributed by atoms with Gasteiger partial charge in [0.1, 0.15) is 22.8 Å². The number of hydrogen-bond donors (Lipinski definition) is 9. The van der Waals surface area contributed by atoms with E-state index >= 15 is 0 Å². The van der Waals surface area contributed by atoms with Gasteiger partial charge in [-0.1, -0.05) is 19.1 Å². The standard InChI is InChI=1S/C22H24N2O8.ClH.H3O4P.H2O/c1-7-8-5-4-6-9(25)11(8)16(26)12-10(7)17(27)14-15(24(2)3)18(28)13(21(23)31)20(30)22(14,32)19(12)29;;1-5(2,3)4;/h4-7,10,14-15,17,25-27,30,32H,1-3H3,(H2,23,31);1H;(H3,1,2,3,4);1H2/t7-,10+,14+,15-,17-,22-;;;/m0.../s1. The maximum Gasteiger partial charge on any atom is 0.466 e. The molecule has 3 aliphatic rings. The summed E-state index contributed by atoms with van der Waals surface area (Å²) < 4.78 is 8.88. The number of phenols is 1. The lowest BCUT2D eigenvalue weighted by molar-refractivity contribution is -0.169. The molecular weight excluding hydrogens is 567 g/mol. The van der Waals surface area contributed by atoms with Crippen molar-refractivity contribution in [2.75, 3.05) is 14.1 Å². The first-order chi connectivity index (χ1) is 16.9. The third-order valence-corrected chi connectivity index (χ3v) is 6.99. The van der Waals surface area contributed by atoms with Crippen LogP contribution in [0.3, 0.4) is 0 Å². The van der Waals surface area contributed by atoms with Crippen LogP contribution in [0.5, 0.6) is 5.75 Å². The van der Waals surface area contributed by atoms with Crippen molar-refractivity contribution < 1.29 is 64.6 Å². The molecule has 12 N–H and O–H groups in total. The summed E-state index contributed by atoms with van der Waals surface area (Å²) in [5, 5.41) is 54.9. The Morgan fingerprint density at radius 2 is 1.62 bits per heavy atom. The number of fused-ring (bicyclic) bond motifs is 3. The summed E-state index contributed by atoms with van der Waals surface area (Å²) in [4.78, 5) is 61.5. The molecule has 0 unspecified atom stereocenters. The van der Waals surface area contributed by atoms with E-state index in [1.54, 1.807) is 19.1 Å². The van der Waals surface area contributed by atoms with Crippen molar-refractivity contribution in [2.24, 2.45) is 17.6 Å². The Balaban J connectivity index is 0.000000998. The SMILES string of the molecule is C[C@H]1c2cccc(O)c2C(O)=C2C(=O)[C@]3(O)C(O)=C(C(N)=O)C(=O)[C@@H](N(C)C)[C@@H]3[C@@H](O)[C@@H]21.Cl.O.O=P(O)(O)O. The molecule has 0 heterocycles. The number of phosphoric acid groups is 1. The number of nitrogens with zero attached hydrogens (tertiary/aromatic N) is 1. The van der Waals surface area contributed by atoms with Crippen molar-refractivity contribution in [3.05, 3.63) is 46.2 Å². The number of aliphatic hydroxyl groups is 4. The lowest BCUT2D eigenvalue weighted by Crippen LogP contribution is -2.70. The van der Waals surface area contributed by atoms with Gasteiger partial charge in [-0.15, -0.1) is 12.4 Å². The van der Waals surface area contributed by atoms with E-state index < -0.39 is 83.5 Å². The highest BCUT2D eigenvalue weighted by molar-refractivity contribution is 7.45. The van der Waals surface area contributed by atoms with E-state index in [1.807, 2.05) is 0 Å². The molecule has 0 aromatic heterocycles. The van der Waals surface area contributed by atoms with Gasteiger partial charge in [0.05, 0.1) is 23.6 Å². The van der Waals surface area contributed by atoms with Crippen molar-refractivity contribution in [3.8, 4) is 5.75 Å².